The fourth-order valence-electron chi connectivity index (χ4n) is 2.23. The van der Waals surface area contributed by atoms with Gasteiger partial charge in [-0.15, -0.1) is 0 Å². The molecule has 0 saturated heterocycles. The molecule has 0 radical (unpaired) electrons. The Balaban J connectivity index is 2.04. The normalized spacial score (nSPS) is 21.1. The van der Waals surface area contributed by atoms with Gasteiger partial charge in [-0.05, 0) is 47.8 Å². The Morgan fingerprint density at radius 1 is 1.43 bits per heavy atom. The van der Waals surface area contributed by atoms with Crippen LogP contribution in [0.15, 0.2) is 46.1 Å². The van der Waals surface area contributed by atoms with E-state index in [1.54, 1.807) is 0 Å². The van der Waals surface area contributed by atoms with Gasteiger partial charge in [0.15, 0.2) is 0 Å². The molecule has 0 aromatic heterocycles. The topological polar surface area (TPSA) is 26.3 Å². The fraction of sp³-hybridized carbons (Fsp3) is 0.250. The molecule has 14 heavy (non-hydrogen) atoms. The van der Waals surface area contributed by atoms with E-state index in [0.29, 0.717) is 6.61 Å². The van der Waals surface area contributed by atoms with Crippen LogP contribution in [0.4, 0.5) is 0 Å². The average molecular weight is 186 g/mol. The van der Waals surface area contributed by atoms with Crippen LogP contribution in [0.5, 0.6) is 0 Å². The average Bonchev–Trinajstić information content (AvgIpc) is 2.73. The van der Waals surface area contributed by atoms with Crippen molar-refractivity contribution in [2.75, 3.05) is 6.61 Å². The summed E-state index contributed by atoms with van der Waals surface area (Å²) in [6.45, 7) is 2.27. The van der Waals surface area contributed by atoms with Crippen molar-refractivity contribution in [3.8, 4) is 0 Å². The van der Waals surface area contributed by atoms with E-state index < -0.39 is 0 Å². The summed E-state index contributed by atoms with van der Waals surface area (Å²) in [5.74, 6) is -0.192. The second kappa shape index (κ2) is 2.47. The van der Waals surface area contributed by atoms with E-state index >= 15 is 0 Å². The van der Waals surface area contributed by atoms with Gasteiger partial charge >= 0.3 is 5.97 Å². The van der Waals surface area contributed by atoms with Crippen molar-refractivity contribution in [2.24, 2.45) is 0 Å². The van der Waals surface area contributed by atoms with Crippen LogP contribution >= 0.6 is 0 Å². The zero-order chi connectivity index (χ0) is 9.71. The Bertz CT molecular complexity index is 459. The molecular weight excluding hydrogens is 176 g/mol. The maximum absolute atomic E-state index is 11.6. The first-order chi connectivity index (χ1) is 6.79. The molecule has 3 aliphatic rings. The third kappa shape index (κ3) is 0.830. The zero-order valence-corrected chi connectivity index (χ0v) is 7.96. The van der Waals surface area contributed by atoms with E-state index in [-0.39, 0.29) is 5.97 Å². The van der Waals surface area contributed by atoms with Crippen molar-refractivity contribution < 1.29 is 9.53 Å². The molecule has 0 N–H and O–H groups in total. The van der Waals surface area contributed by atoms with Crippen LogP contribution in [0.3, 0.4) is 0 Å². The molecule has 0 heterocycles. The van der Waals surface area contributed by atoms with Crippen molar-refractivity contribution in [2.45, 2.75) is 13.3 Å². The van der Waals surface area contributed by atoms with Gasteiger partial charge in [-0.25, -0.2) is 4.79 Å². The maximum Gasteiger partial charge on any atom is 0.338 e. The SMILES string of the molecule is CCOC(=O)C1=C2C=C3C=C2C(=C1)C3. The molecule has 0 unspecified atom stereocenters. The van der Waals surface area contributed by atoms with Gasteiger partial charge < -0.3 is 4.74 Å². The number of hydrogen-bond donors (Lipinski definition) is 0. The van der Waals surface area contributed by atoms with Crippen molar-refractivity contribution in [3.05, 3.63) is 46.1 Å². The van der Waals surface area contributed by atoms with Crippen LogP contribution < -0.4 is 0 Å². The Labute approximate surface area is 82.3 Å². The lowest BCUT2D eigenvalue weighted by Gasteiger charge is -2.03. The number of ether oxygens (including phenoxy) is 1. The van der Waals surface area contributed by atoms with Gasteiger partial charge in [-0.3, -0.25) is 0 Å². The summed E-state index contributed by atoms with van der Waals surface area (Å²) in [6.07, 6.45) is 7.21. The van der Waals surface area contributed by atoms with Crippen LogP contribution in [-0.2, 0) is 9.53 Å². The Morgan fingerprint density at radius 2 is 2.29 bits per heavy atom. The molecule has 2 nitrogen and oxygen atoms in total. The van der Waals surface area contributed by atoms with Crippen molar-refractivity contribution in [1.82, 2.24) is 0 Å². The van der Waals surface area contributed by atoms with E-state index in [0.717, 1.165) is 17.6 Å². The van der Waals surface area contributed by atoms with Crippen LogP contribution in [0, 0.1) is 0 Å². The van der Waals surface area contributed by atoms with Crippen LogP contribution in [-0.4, -0.2) is 12.6 Å². The summed E-state index contributed by atoms with van der Waals surface area (Å²) < 4.78 is 5.00. The summed E-state index contributed by atoms with van der Waals surface area (Å²) in [7, 11) is 0. The molecule has 0 spiro atoms. The van der Waals surface area contributed by atoms with Gasteiger partial charge in [0.1, 0.15) is 0 Å². The monoisotopic (exact) mass is 186 g/mol. The molecular formula is C12H10O2. The minimum Gasteiger partial charge on any atom is -0.462 e. The number of carbonyl (C=O) groups excluding carboxylic acids is 1. The van der Waals surface area contributed by atoms with Crippen LogP contribution in [0.25, 0.3) is 0 Å². The molecule has 2 bridgehead atoms. The van der Waals surface area contributed by atoms with E-state index in [4.69, 9.17) is 4.74 Å². The molecule has 3 rings (SSSR count). The summed E-state index contributed by atoms with van der Waals surface area (Å²) in [4.78, 5) is 11.6. The van der Waals surface area contributed by atoms with Crippen LogP contribution in [0.1, 0.15) is 13.3 Å². The number of rotatable bonds is 2. The quantitative estimate of drug-likeness (QED) is 0.617. The number of carbonyl (C=O) groups is 1. The maximum atomic E-state index is 11.6. The van der Waals surface area contributed by atoms with Crippen molar-refractivity contribution in [3.63, 3.8) is 0 Å². The minimum atomic E-state index is -0.192. The number of allylic oxidation sites excluding steroid dienone is 6. The molecule has 0 aromatic rings. The van der Waals surface area contributed by atoms with E-state index in [9.17, 15) is 4.79 Å². The first-order valence-corrected chi connectivity index (χ1v) is 4.84. The van der Waals surface area contributed by atoms with Gasteiger partial charge in [0.2, 0.25) is 0 Å². The van der Waals surface area contributed by atoms with Crippen LogP contribution in [0.2, 0.25) is 0 Å². The first-order valence-electron chi connectivity index (χ1n) is 4.84. The first kappa shape index (κ1) is 7.80. The molecule has 0 aromatic carbocycles. The second-order valence-electron chi connectivity index (χ2n) is 3.67. The predicted octanol–water partition coefficient (Wildman–Crippen LogP) is 2.06. The third-order valence-electron chi connectivity index (χ3n) is 2.79. The molecule has 0 fully saturated rings. The fourth-order valence-corrected chi connectivity index (χ4v) is 2.23. The van der Waals surface area contributed by atoms with E-state index in [1.807, 2.05) is 13.0 Å². The number of fused-ring (bicyclic) bond motifs is 1. The lowest BCUT2D eigenvalue weighted by atomic mass is 10.0. The third-order valence-corrected chi connectivity index (χ3v) is 2.79. The lowest BCUT2D eigenvalue weighted by molar-refractivity contribution is -0.138. The highest BCUT2D eigenvalue weighted by molar-refractivity contribution is 5.99. The summed E-state index contributed by atoms with van der Waals surface area (Å²) in [5, 5.41) is 0. The van der Waals surface area contributed by atoms with Crippen molar-refractivity contribution >= 4 is 5.97 Å². The number of hydrogen-bond acceptors (Lipinski definition) is 2. The zero-order valence-electron chi connectivity index (χ0n) is 7.96. The highest BCUT2D eigenvalue weighted by Crippen LogP contribution is 2.47. The molecule has 0 amide bonds. The number of esters is 1. The molecule has 3 aliphatic carbocycles. The summed E-state index contributed by atoms with van der Waals surface area (Å²) >= 11 is 0. The molecule has 0 aliphatic heterocycles. The Morgan fingerprint density at radius 3 is 2.93 bits per heavy atom. The predicted molar refractivity (Wildman–Crippen MR) is 52.5 cm³/mol. The van der Waals surface area contributed by atoms with Gasteiger partial charge in [-0.1, -0.05) is 6.08 Å². The van der Waals surface area contributed by atoms with Crippen molar-refractivity contribution in [1.29, 1.82) is 0 Å². The summed E-state index contributed by atoms with van der Waals surface area (Å²) in [5.41, 5.74) is 5.64. The van der Waals surface area contributed by atoms with E-state index in [2.05, 4.69) is 12.2 Å². The van der Waals surface area contributed by atoms with Gasteiger partial charge in [0, 0.05) is 0 Å². The lowest BCUT2D eigenvalue weighted by Crippen LogP contribution is -2.06. The van der Waals surface area contributed by atoms with Gasteiger partial charge in [-0.2, -0.15) is 0 Å². The largest absolute Gasteiger partial charge is 0.462 e. The molecule has 2 heteroatoms. The van der Waals surface area contributed by atoms with Gasteiger partial charge in [0.25, 0.3) is 0 Å². The molecule has 0 saturated carbocycles. The molecule has 70 valence electrons. The smallest absolute Gasteiger partial charge is 0.338 e. The molecule has 0 atom stereocenters. The van der Waals surface area contributed by atoms with Gasteiger partial charge in [0.05, 0.1) is 12.2 Å². The Hall–Kier alpha value is -1.57. The van der Waals surface area contributed by atoms with E-state index in [1.165, 1.54) is 16.7 Å². The second-order valence-corrected chi connectivity index (χ2v) is 3.67. The highest BCUT2D eigenvalue weighted by Gasteiger charge is 2.33. The standard InChI is InChI=1S/C12H10O2/c1-2-14-12(13)11-6-8-3-7-4-9(8)10(11)5-7/h4-6H,2-3H2,1H3. The highest BCUT2D eigenvalue weighted by atomic mass is 16.5. The minimum absolute atomic E-state index is 0.192. The summed E-state index contributed by atoms with van der Waals surface area (Å²) in [6, 6.07) is 0. The Kier molecular flexibility index (Phi) is 1.38.